The summed E-state index contributed by atoms with van der Waals surface area (Å²) in [6.07, 6.45) is 2.38. The molecule has 2 bridgehead atoms. The van der Waals surface area contributed by atoms with Crippen LogP contribution in [0.2, 0.25) is 0 Å². The van der Waals surface area contributed by atoms with Crippen LogP contribution in [0.4, 0.5) is 23.4 Å². The summed E-state index contributed by atoms with van der Waals surface area (Å²) in [6, 6.07) is 5.96. The van der Waals surface area contributed by atoms with E-state index in [9.17, 15) is 13.9 Å². The number of phenolic OH excluding ortho intramolecular Hbond substituents is 1. The molecule has 5 aliphatic rings. The minimum atomic E-state index is -1.65. The summed E-state index contributed by atoms with van der Waals surface area (Å²) in [6.45, 7) is 3.66. The van der Waals surface area contributed by atoms with Crippen molar-refractivity contribution in [3.63, 3.8) is 0 Å². The molecular weight excluding hydrogens is 628 g/mol. The molecule has 4 fully saturated rings. The third-order valence-corrected chi connectivity index (χ3v) is 11.1. The monoisotopic (exact) mass is 662 g/mol. The van der Waals surface area contributed by atoms with E-state index >= 15 is 8.78 Å². The first kappa shape index (κ1) is 29.9. The summed E-state index contributed by atoms with van der Waals surface area (Å²) in [4.78, 5) is 18.3. The number of phenols is 1. The van der Waals surface area contributed by atoms with Crippen LogP contribution >= 0.6 is 0 Å². The van der Waals surface area contributed by atoms with Crippen LogP contribution in [0, 0.1) is 11.6 Å². The van der Waals surface area contributed by atoms with E-state index in [1.54, 1.807) is 6.07 Å². The number of fused-ring (bicyclic) bond motifs is 7. The quantitative estimate of drug-likeness (QED) is 0.255. The maximum atomic E-state index is 17.1. The Balaban J connectivity index is 1.23. The van der Waals surface area contributed by atoms with Gasteiger partial charge in [-0.2, -0.15) is 18.7 Å². The summed E-state index contributed by atoms with van der Waals surface area (Å²) in [7, 11) is 0. The predicted molar refractivity (Wildman–Crippen MR) is 171 cm³/mol. The van der Waals surface area contributed by atoms with E-state index in [1.807, 2.05) is 11.8 Å². The van der Waals surface area contributed by atoms with E-state index < -0.39 is 23.3 Å². The fourth-order valence-electron chi connectivity index (χ4n) is 8.86. The average molecular weight is 663 g/mol. The Morgan fingerprint density at radius 1 is 1.15 bits per heavy atom. The first-order valence-corrected chi connectivity index (χ1v) is 16.6. The van der Waals surface area contributed by atoms with Gasteiger partial charge in [0.2, 0.25) is 5.88 Å². The standard InChI is InChI=1S/C35H34F4N6O3/c1-2-21-23(36)6-4-17-10-20(46)11-22(26(17)21)29-28(37)30-27-32(45-14-19-5-7-24(40-19)25(45)15-47-33(27)41-29)43-34(42-30)48-16-35-8-3-9-44(35)13-18(12-35)31(38)39/h4,6,10-11,19,24-25,40,46H,2-3,5,7-9,12-16H2,1H3/t19-,24+,25-,35?/m1/s1. The molecule has 0 spiro atoms. The first-order valence-electron chi connectivity index (χ1n) is 16.6. The van der Waals surface area contributed by atoms with Gasteiger partial charge in [0, 0.05) is 36.3 Å². The number of hydrogen-bond donors (Lipinski definition) is 2. The Kier molecular flexibility index (Phi) is 6.78. The topological polar surface area (TPSA) is 95.9 Å². The van der Waals surface area contributed by atoms with E-state index in [4.69, 9.17) is 19.4 Å². The Morgan fingerprint density at radius 2 is 2.02 bits per heavy atom. The predicted octanol–water partition coefficient (Wildman–Crippen LogP) is 5.86. The molecule has 4 atom stereocenters. The minimum Gasteiger partial charge on any atom is -0.508 e. The second-order valence-corrected chi connectivity index (χ2v) is 13.8. The van der Waals surface area contributed by atoms with Crippen molar-refractivity contribution in [2.75, 3.05) is 37.7 Å². The van der Waals surface area contributed by atoms with Crippen LogP contribution in [0.1, 0.15) is 44.6 Å². The molecule has 1 unspecified atom stereocenters. The number of aromatic hydroxyl groups is 1. The lowest BCUT2D eigenvalue weighted by Crippen LogP contribution is -2.60. The molecule has 9 nitrogen and oxygen atoms in total. The van der Waals surface area contributed by atoms with Gasteiger partial charge in [0.05, 0.1) is 11.6 Å². The minimum absolute atomic E-state index is 0.0635. The van der Waals surface area contributed by atoms with Gasteiger partial charge in [0.1, 0.15) is 47.2 Å². The highest BCUT2D eigenvalue weighted by molar-refractivity contribution is 6.03. The van der Waals surface area contributed by atoms with E-state index in [-0.39, 0.29) is 84.3 Å². The fourth-order valence-corrected chi connectivity index (χ4v) is 8.86. The fraction of sp³-hybridized carbons (Fsp3) is 0.457. The van der Waals surface area contributed by atoms with Crippen molar-refractivity contribution in [3.8, 4) is 28.9 Å². The number of pyridine rings is 1. The summed E-state index contributed by atoms with van der Waals surface area (Å²) in [5.41, 5.74) is -0.122. The van der Waals surface area contributed by atoms with Crippen molar-refractivity contribution in [1.82, 2.24) is 25.2 Å². The average Bonchev–Trinajstić information content (AvgIpc) is 3.73. The molecule has 2 aromatic heterocycles. The number of hydrogen-bond acceptors (Lipinski definition) is 9. The van der Waals surface area contributed by atoms with Crippen molar-refractivity contribution in [2.24, 2.45) is 0 Å². The molecule has 0 radical (unpaired) electrons. The van der Waals surface area contributed by atoms with Gasteiger partial charge in [-0.3, -0.25) is 4.90 Å². The molecule has 0 amide bonds. The van der Waals surface area contributed by atoms with Crippen molar-refractivity contribution in [2.45, 2.75) is 69.1 Å². The number of aryl methyl sites for hydroxylation is 1. The van der Waals surface area contributed by atoms with Crippen molar-refractivity contribution >= 4 is 27.5 Å². The van der Waals surface area contributed by atoms with E-state index in [1.165, 1.54) is 18.2 Å². The Morgan fingerprint density at radius 3 is 2.85 bits per heavy atom. The summed E-state index contributed by atoms with van der Waals surface area (Å²) >= 11 is 0. The van der Waals surface area contributed by atoms with E-state index in [2.05, 4.69) is 15.2 Å². The number of benzene rings is 2. The van der Waals surface area contributed by atoms with Crippen LogP contribution < -0.4 is 19.7 Å². The van der Waals surface area contributed by atoms with Crippen LogP contribution in [0.5, 0.6) is 17.6 Å². The molecule has 9 rings (SSSR count). The zero-order chi connectivity index (χ0) is 32.9. The highest BCUT2D eigenvalue weighted by Gasteiger charge is 2.49. The van der Waals surface area contributed by atoms with Gasteiger partial charge in [-0.05, 0) is 79.6 Å². The number of halogens is 4. The van der Waals surface area contributed by atoms with Gasteiger partial charge < -0.3 is 24.8 Å². The van der Waals surface area contributed by atoms with Crippen molar-refractivity contribution in [1.29, 1.82) is 0 Å². The third-order valence-electron chi connectivity index (χ3n) is 11.1. The van der Waals surface area contributed by atoms with Gasteiger partial charge in [-0.25, -0.2) is 13.8 Å². The van der Waals surface area contributed by atoms with Gasteiger partial charge in [-0.15, -0.1) is 0 Å². The summed E-state index contributed by atoms with van der Waals surface area (Å²) in [5.74, 6) is -0.755. The molecule has 0 saturated carbocycles. The normalized spacial score (nSPS) is 26.1. The van der Waals surface area contributed by atoms with Crippen LogP contribution in [0.25, 0.3) is 32.9 Å². The number of piperazine rings is 1. The number of rotatable bonds is 5. The molecule has 0 aliphatic carbocycles. The molecule has 13 heteroatoms. The highest BCUT2D eigenvalue weighted by atomic mass is 19.3. The first-order chi connectivity index (χ1) is 23.2. The molecule has 2 N–H and O–H groups in total. The highest BCUT2D eigenvalue weighted by Crippen LogP contribution is 2.46. The van der Waals surface area contributed by atoms with Crippen LogP contribution in [-0.4, -0.2) is 81.5 Å². The maximum Gasteiger partial charge on any atom is 0.319 e. The molecule has 2 aromatic carbocycles. The van der Waals surface area contributed by atoms with E-state index in [0.717, 1.165) is 19.3 Å². The van der Waals surface area contributed by atoms with Crippen molar-refractivity contribution < 1.29 is 32.1 Å². The molecular formula is C35H34F4N6O3. The van der Waals surface area contributed by atoms with Gasteiger partial charge >= 0.3 is 6.01 Å². The summed E-state index contributed by atoms with van der Waals surface area (Å²) < 4.78 is 72.1. The Bertz CT molecular complexity index is 2040. The molecule has 5 aliphatic heterocycles. The molecule has 250 valence electrons. The van der Waals surface area contributed by atoms with Gasteiger partial charge in [-0.1, -0.05) is 13.0 Å². The Hall–Kier alpha value is -4.23. The van der Waals surface area contributed by atoms with Crippen LogP contribution in [0.3, 0.4) is 0 Å². The lowest BCUT2D eigenvalue weighted by molar-refractivity contribution is 0.108. The van der Waals surface area contributed by atoms with Crippen LogP contribution in [0.15, 0.2) is 35.9 Å². The van der Waals surface area contributed by atoms with Crippen LogP contribution in [-0.2, 0) is 6.42 Å². The smallest absolute Gasteiger partial charge is 0.319 e. The van der Waals surface area contributed by atoms with Crippen molar-refractivity contribution in [3.05, 3.63) is 53.1 Å². The second-order valence-electron chi connectivity index (χ2n) is 13.8. The zero-order valence-electron chi connectivity index (χ0n) is 26.3. The maximum absolute atomic E-state index is 17.1. The lowest BCUT2D eigenvalue weighted by Gasteiger charge is -2.40. The lowest BCUT2D eigenvalue weighted by atomic mass is 9.94. The molecule has 4 saturated heterocycles. The SMILES string of the molecule is CCc1c(F)ccc2cc(O)cc(-c3nc4c5c(nc(OCC67CCCN6CC(=C(F)F)C7)nc5c3F)N3C[C@H]5CC[C@H](N5)[C@H]3CO4)c12. The zero-order valence-corrected chi connectivity index (χ0v) is 26.3. The van der Waals surface area contributed by atoms with E-state index in [0.29, 0.717) is 53.5 Å². The summed E-state index contributed by atoms with van der Waals surface area (Å²) in [5, 5.41) is 15.6. The molecule has 4 aromatic rings. The van der Waals surface area contributed by atoms with Gasteiger partial charge in [0.15, 0.2) is 5.82 Å². The second kappa shape index (κ2) is 10.9. The molecule has 7 heterocycles. The number of aromatic nitrogens is 3. The number of anilines is 1. The molecule has 48 heavy (non-hydrogen) atoms. The number of nitrogens with zero attached hydrogens (tertiary/aromatic N) is 5. The third kappa shape index (κ3) is 4.46. The number of nitrogens with one attached hydrogen (secondary N) is 1. The van der Waals surface area contributed by atoms with Gasteiger partial charge in [0.25, 0.3) is 6.08 Å². The Labute approximate surface area is 273 Å². The largest absolute Gasteiger partial charge is 0.508 e. The number of ether oxygens (including phenoxy) is 2.